The molecule has 1 atom stereocenters. The minimum atomic E-state index is -1.03. The molecule has 0 radical (unpaired) electrons. The first-order chi connectivity index (χ1) is 16.4. The van der Waals surface area contributed by atoms with Crippen LogP contribution in [0.15, 0.2) is 72.3 Å². The molecule has 8 heteroatoms. The highest BCUT2D eigenvalue weighted by molar-refractivity contribution is 7.22. The van der Waals surface area contributed by atoms with Crippen molar-refractivity contribution < 1.29 is 23.5 Å². The average molecular weight is 477 g/mol. The molecule has 1 fully saturated rings. The second-order valence-electron chi connectivity index (χ2n) is 7.88. The van der Waals surface area contributed by atoms with Gasteiger partial charge in [-0.2, -0.15) is 0 Å². The molecule has 34 heavy (non-hydrogen) atoms. The van der Waals surface area contributed by atoms with Crippen molar-refractivity contribution in [2.24, 2.45) is 0 Å². The third kappa shape index (κ3) is 3.66. The summed E-state index contributed by atoms with van der Waals surface area (Å²) in [4.78, 5) is 32.2. The number of fused-ring (bicyclic) bond motifs is 1. The van der Waals surface area contributed by atoms with Crippen molar-refractivity contribution in [3.05, 3.63) is 101 Å². The Bertz CT molecular complexity index is 1460. The number of halogens is 2. The van der Waals surface area contributed by atoms with Gasteiger partial charge in [0.2, 0.25) is 0 Å². The summed E-state index contributed by atoms with van der Waals surface area (Å²) in [7, 11) is 0. The Morgan fingerprint density at radius 2 is 1.65 bits per heavy atom. The normalized spacial score (nSPS) is 17.6. The number of thiazole rings is 1. The van der Waals surface area contributed by atoms with Crippen molar-refractivity contribution in [3.63, 3.8) is 0 Å². The van der Waals surface area contributed by atoms with E-state index in [0.717, 1.165) is 28.8 Å². The monoisotopic (exact) mass is 476 g/mol. The first kappa shape index (κ1) is 21.9. The van der Waals surface area contributed by atoms with Crippen LogP contribution in [-0.2, 0) is 16.0 Å². The van der Waals surface area contributed by atoms with Gasteiger partial charge in [0.25, 0.3) is 5.78 Å². The van der Waals surface area contributed by atoms with Crippen LogP contribution in [0.4, 0.5) is 13.9 Å². The number of benzene rings is 3. The maximum Gasteiger partial charge on any atom is 0.301 e. The minimum Gasteiger partial charge on any atom is -0.507 e. The molecule has 0 unspecified atom stereocenters. The van der Waals surface area contributed by atoms with Gasteiger partial charge in [0.15, 0.2) is 5.13 Å². The van der Waals surface area contributed by atoms with Crippen LogP contribution in [-0.4, -0.2) is 21.8 Å². The number of amides is 1. The lowest BCUT2D eigenvalue weighted by molar-refractivity contribution is -0.132. The Morgan fingerprint density at radius 1 is 1.00 bits per heavy atom. The molecular weight excluding hydrogens is 458 g/mol. The van der Waals surface area contributed by atoms with E-state index in [4.69, 9.17) is 0 Å². The average Bonchev–Trinajstić information content (AvgIpc) is 3.37. The molecule has 5 nitrogen and oxygen atoms in total. The van der Waals surface area contributed by atoms with Crippen LogP contribution in [0.5, 0.6) is 0 Å². The molecule has 4 aromatic rings. The molecular formula is C26H18F2N2O3S. The number of ketones is 1. The van der Waals surface area contributed by atoms with Crippen LogP contribution in [0.1, 0.15) is 29.7 Å². The molecule has 1 aliphatic heterocycles. The summed E-state index contributed by atoms with van der Waals surface area (Å²) in [5.41, 5.74) is 2.23. The largest absolute Gasteiger partial charge is 0.507 e. The quantitative estimate of drug-likeness (QED) is 0.231. The van der Waals surface area contributed by atoms with Crippen molar-refractivity contribution in [2.75, 3.05) is 4.90 Å². The van der Waals surface area contributed by atoms with Crippen molar-refractivity contribution in [3.8, 4) is 0 Å². The Kier molecular flexibility index (Phi) is 5.45. The third-order valence-corrected chi connectivity index (χ3v) is 6.82. The SMILES string of the molecule is CCc1ccc2nc(N3C(=O)C(=O)C(=C(O)c4ccc(F)cc4)[C@@H]3c3ccc(F)cc3)sc2c1. The van der Waals surface area contributed by atoms with Crippen molar-refractivity contribution in [1.82, 2.24) is 4.98 Å². The molecule has 1 N–H and O–H groups in total. The number of carbonyl (C=O) groups is 2. The van der Waals surface area contributed by atoms with E-state index >= 15 is 0 Å². The van der Waals surface area contributed by atoms with Crippen LogP contribution in [0.2, 0.25) is 0 Å². The zero-order chi connectivity index (χ0) is 24.0. The zero-order valence-electron chi connectivity index (χ0n) is 18.0. The van der Waals surface area contributed by atoms with E-state index < -0.39 is 35.1 Å². The summed E-state index contributed by atoms with van der Waals surface area (Å²) < 4.78 is 27.9. The molecule has 0 saturated carbocycles. The number of hydrogen-bond acceptors (Lipinski definition) is 5. The molecule has 3 aromatic carbocycles. The predicted octanol–water partition coefficient (Wildman–Crippen LogP) is 5.76. The van der Waals surface area contributed by atoms with Gasteiger partial charge >= 0.3 is 5.91 Å². The fourth-order valence-corrected chi connectivity index (χ4v) is 5.09. The molecule has 0 spiro atoms. The third-order valence-electron chi connectivity index (χ3n) is 5.80. The van der Waals surface area contributed by atoms with Gasteiger partial charge in [-0.05, 0) is 66.1 Å². The van der Waals surface area contributed by atoms with E-state index in [9.17, 15) is 23.5 Å². The number of nitrogens with zero attached hydrogens (tertiary/aromatic N) is 2. The molecule has 5 rings (SSSR count). The van der Waals surface area contributed by atoms with Gasteiger partial charge < -0.3 is 5.11 Å². The lowest BCUT2D eigenvalue weighted by atomic mass is 9.95. The Hall–Kier alpha value is -3.91. The molecule has 1 amide bonds. The number of anilines is 1. The van der Waals surface area contributed by atoms with Crippen LogP contribution in [0.25, 0.3) is 16.0 Å². The summed E-state index contributed by atoms with van der Waals surface area (Å²) in [6.45, 7) is 2.03. The maximum absolute atomic E-state index is 13.7. The summed E-state index contributed by atoms with van der Waals surface area (Å²) in [5.74, 6) is -3.18. The Labute approximate surface area is 197 Å². The number of aliphatic hydroxyl groups excluding tert-OH is 1. The lowest BCUT2D eigenvalue weighted by Crippen LogP contribution is -2.29. The molecule has 1 aliphatic rings. The number of Topliss-reactive ketones (excluding diaryl/α,β-unsaturated/α-hetero) is 1. The number of rotatable bonds is 4. The summed E-state index contributed by atoms with van der Waals surface area (Å²) >= 11 is 1.26. The van der Waals surface area contributed by atoms with Crippen LogP contribution in [0.3, 0.4) is 0 Å². The number of aromatic nitrogens is 1. The van der Waals surface area contributed by atoms with Gasteiger partial charge in [-0.1, -0.05) is 36.5 Å². The summed E-state index contributed by atoms with van der Waals surface area (Å²) in [6.07, 6.45) is 0.834. The Morgan fingerprint density at radius 3 is 2.29 bits per heavy atom. The van der Waals surface area contributed by atoms with Gasteiger partial charge in [0.05, 0.1) is 21.8 Å². The second kappa shape index (κ2) is 8.46. The van der Waals surface area contributed by atoms with Gasteiger partial charge in [-0.25, -0.2) is 13.8 Å². The number of carbonyl (C=O) groups excluding carboxylic acids is 2. The standard InChI is InChI=1S/C26H18F2N2O3S/c1-2-14-3-12-19-20(13-14)34-26(29-19)30-22(15-4-8-17(27)9-5-15)21(24(32)25(30)33)23(31)16-6-10-18(28)11-7-16/h3-13,22,31H,2H2,1H3/t22-/m0/s1. The first-order valence-corrected chi connectivity index (χ1v) is 11.4. The smallest absolute Gasteiger partial charge is 0.301 e. The highest BCUT2D eigenvalue weighted by atomic mass is 32.1. The van der Waals surface area contributed by atoms with Crippen LogP contribution < -0.4 is 4.90 Å². The molecule has 0 aliphatic carbocycles. The lowest BCUT2D eigenvalue weighted by Gasteiger charge is -2.23. The predicted molar refractivity (Wildman–Crippen MR) is 127 cm³/mol. The number of aliphatic hydroxyl groups is 1. The molecule has 170 valence electrons. The van der Waals surface area contributed by atoms with Crippen LogP contribution >= 0.6 is 11.3 Å². The second-order valence-corrected chi connectivity index (χ2v) is 8.89. The van der Waals surface area contributed by atoms with E-state index in [-0.39, 0.29) is 16.3 Å². The van der Waals surface area contributed by atoms with E-state index in [0.29, 0.717) is 11.1 Å². The van der Waals surface area contributed by atoms with E-state index in [2.05, 4.69) is 4.98 Å². The number of aryl methyl sites for hydroxylation is 1. The topological polar surface area (TPSA) is 70.5 Å². The fourth-order valence-electron chi connectivity index (χ4n) is 4.03. The minimum absolute atomic E-state index is 0.170. The fraction of sp³-hybridized carbons (Fsp3) is 0.115. The number of hydrogen-bond donors (Lipinski definition) is 1. The van der Waals surface area contributed by atoms with Crippen molar-refractivity contribution in [2.45, 2.75) is 19.4 Å². The first-order valence-electron chi connectivity index (χ1n) is 10.6. The highest BCUT2D eigenvalue weighted by Gasteiger charge is 2.48. The highest BCUT2D eigenvalue weighted by Crippen LogP contribution is 2.44. The summed E-state index contributed by atoms with van der Waals surface area (Å²) in [6, 6.07) is 15.1. The van der Waals surface area contributed by atoms with Crippen molar-refractivity contribution >= 4 is 44.1 Å². The van der Waals surface area contributed by atoms with E-state index in [1.54, 1.807) is 0 Å². The van der Waals surface area contributed by atoms with Gasteiger partial charge in [0, 0.05) is 5.56 Å². The van der Waals surface area contributed by atoms with E-state index in [1.165, 1.54) is 52.6 Å². The maximum atomic E-state index is 13.7. The van der Waals surface area contributed by atoms with Gasteiger partial charge in [0.1, 0.15) is 17.4 Å². The molecule has 1 saturated heterocycles. The molecule has 0 bridgehead atoms. The Balaban J connectivity index is 1.71. The van der Waals surface area contributed by atoms with Gasteiger partial charge in [-0.3, -0.25) is 14.5 Å². The summed E-state index contributed by atoms with van der Waals surface area (Å²) in [5, 5.41) is 11.3. The van der Waals surface area contributed by atoms with E-state index in [1.807, 2.05) is 25.1 Å². The van der Waals surface area contributed by atoms with Crippen molar-refractivity contribution in [1.29, 1.82) is 0 Å². The van der Waals surface area contributed by atoms with Crippen LogP contribution in [0, 0.1) is 11.6 Å². The molecule has 1 aromatic heterocycles. The molecule has 2 heterocycles. The zero-order valence-corrected chi connectivity index (χ0v) is 18.8. The van der Waals surface area contributed by atoms with Gasteiger partial charge in [-0.15, -0.1) is 0 Å².